The summed E-state index contributed by atoms with van der Waals surface area (Å²) in [4.78, 5) is 12.0. The summed E-state index contributed by atoms with van der Waals surface area (Å²) in [6, 6.07) is 11.5. The molecule has 4 heteroatoms. The zero-order valence-corrected chi connectivity index (χ0v) is 10.6. The minimum absolute atomic E-state index is 0.246. The molecule has 0 fully saturated rings. The van der Waals surface area contributed by atoms with Crippen molar-refractivity contribution < 1.29 is 15.0 Å². The Morgan fingerprint density at radius 2 is 1.89 bits per heavy atom. The van der Waals surface area contributed by atoms with Gasteiger partial charge in [0.15, 0.2) is 11.5 Å². The van der Waals surface area contributed by atoms with Gasteiger partial charge in [-0.1, -0.05) is 19.1 Å². The van der Waals surface area contributed by atoms with Gasteiger partial charge in [0.2, 0.25) is 0 Å². The van der Waals surface area contributed by atoms with E-state index in [-0.39, 0.29) is 23.0 Å². The molecule has 0 aliphatic heterocycles. The number of hydrogen-bond acceptors (Lipinski definition) is 3. The fourth-order valence-corrected chi connectivity index (χ4v) is 1.74. The highest BCUT2D eigenvalue weighted by atomic mass is 16.3. The number of aromatic hydroxyl groups is 2. The highest BCUT2D eigenvalue weighted by Gasteiger charge is 2.09. The highest BCUT2D eigenvalue weighted by molar-refractivity contribution is 6.04. The van der Waals surface area contributed by atoms with E-state index < -0.39 is 0 Å². The van der Waals surface area contributed by atoms with Gasteiger partial charge in [0.1, 0.15) is 0 Å². The van der Waals surface area contributed by atoms with Crippen LogP contribution in [0, 0.1) is 0 Å². The molecule has 0 atom stereocenters. The molecule has 0 heterocycles. The lowest BCUT2D eigenvalue weighted by atomic mass is 10.1. The molecule has 0 unspecified atom stereocenters. The normalized spacial score (nSPS) is 10.2. The average molecular weight is 257 g/mol. The average Bonchev–Trinajstić information content (AvgIpc) is 2.42. The van der Waals surface area contributed by atoms with Gasteiger partial charge in [-0.3, -0.25) is 4.79 Å². The second-order valence-electron chi connectivity index (χ2n) is 4.21. The Morgan fingerprint density at radius 3 is 2.58 bits per heavy atom. The zero-order chi connectivity index (χ0) is 13.8. The first kappa shape index (κ1) is 13.0. The molecule has 4 nitrogen and oxygen atoms in total. The Balaban J connectivity index is 2.18. The van der Waals surface area contributed by atoms with Crippen LogP contribution in [0.2, 0.25) is 0 Å². The van der Waals surface area contributed by atoms with E-state index >= 15 is 0 Å². The molecule has 0 aliphatic carbocycles. The van der Waals surface area contributed by atoms with Crippen LogP contribution in [0.3, 0.4) is 0 Å². The fraction of sp³-hybridized carbons (Fsp3) is 0.133. The van der Waals surface area contributed by atoms with Crippen molar-refractivity contribution in [2.45, 2.75) is 13.3 Å². The third-order valence-corrected chi connectivity index (χ3v) is 2.83. The van der Waals surface area contributed by atoms with Crippen molar-refractivity contribution in [3.8, 4) is 11.5 Å². The van der Waals surface area contributed by atoms with Crippen LogP contribution < -0.4 is 5.32 Å². The van der Waals surface area contributed by atoms with Crippen LogP contribution in [0.25, 0.3) is 0 Å². The predicted molar refractivity (Wildman–Crippen MR) is 73.5 cm³/mol. The van der Waals surface area contributed by atoms with Gasteiger partial charge in [-0.05, 0) is 42.3 Å². The van der Waals surface area contributed by atoms with Gasteiger partial charge >= 0.3 is 0 Å². The molecule has 0 bridgehead atoms. The Hall–Kier alpha value is -2.49. The molecular formula is C15H15NO3. The van der Waals surface area contributed by atoms with Crippen LogP contribution in [0.15, 0.2) is 42.5 Å². The molecule has 0 saturated carbocycles. The summed E-state index contributed by atoms with van der Waals surface area (Å²) >= 11 is 0. The standard InChI is InChI=1S/C15H15NO3/c1-2-10-4-3-5-12(8-10)16-15(19)11-6-7-13(17)14(18)9-11/h3-9,17-18H,2H2,1H3,(H,16,19). The number of hydrogen-bond donors (Lipinski definition) is 3. The minimum atomic E-state index is -0.330. The van der Waals surface area contributed by atoms with Gasteiger partial charge < -0.3 is 15.5 Å². The minimum Gasteiger partial charge on any atom is -0.504 e. The molecule has 98 valence electrons. The number of benzene rings is 2. The quantitative estimate of drug-likeness (QED) is 0.740. The highest BCUT2D eigenvalue weighted by Crippen LogP contribution is 2.25. The van der Waals surface area contributed by atoms with Crippen molar-refractivity contribution in [1.29, 1.82) is 0 Å². The maximum Gasteiger partial charge on any atom is 0.255 e. The van der Waals surface area contributed by atoms with Crippen LogP contribution >= 0.6 is 0 Å². The molecule has 0 saturated heterocycles. The summed E-state index contributed by atoms with van der Waals surface area (Å²) in [7, 11) is 0. The second-order valence-corrected chi connectivity index (χ2v) is 4.21. The van der Waals surface area contributed by atoms with Crippen molar-refractivity contribution in [3.05, 3.63) is 53.6 Å². The van der Waals surface area contributed by atoms with Crippen LogP contribution in [0.4, 0.5) is 5.69 Å². The summed E-state index contributed by atoms with van der Waals surface area (Å²) in [5, 5.41) is 21.3. The Morgan fingerprint density at radius 1 is 1.11 bits per heavy atom. The predicted octanol–water partition coefficient (Wildman–Crippen LogP) is 2.91. The molecule has 0 aliphatic rings. The monoisotopic (exact) mass is 257 g/mol. The van der Waals surface area contributed by atoms with Crippen molar-refractivity contribution in [3.63, 3.8) is 0 Å². The van der Waals surface area contributed by atoms with Crippen LogP contribution in [-0.2, 0) is 6.42 Å². The summed E-state index contributed by atoms with van der Waals surface area (Å²) < 4.78 is 0. The third-order valence-electron chi connectivity index (χ3n) is 2.83. The molecule has 2 rings (SSSR count). The zero-order valence-electron chi connectivity index (χ0n) is 10.6. The summed E-state index contributed by atoms with van der Waals surface area (Å²) in [6.07, 6.45) is 0.893. The van der Waals surface area contributed by atoms with E-state index in [4.69, 9.17) is 0 Å². The molecule has 0 radical (unpaired) electrons. The number of nitrogens with one attached hydrogen (secondary N) is 1. The van der Waals surface area contributed by atoms with E-state index in [1.165, 1.54) is 18.2 Å². The van der Waals surface area contributed by atoms with Crippen molar-refractivity contribution in [2.75, 3.05) is 5.32 Å². The smallest absolute Gasteiger partial charge is 0.255 e. The van der Waals surface area contributed by atoms with Crippen LogP contribution in [0.1, 0.15) is 22.8 Å². The maximum absolute atomic E-state index is 12.0. The summed E-state index contributed by atoms with van der Waals surface area (Å²) in [5.74, 6) is -0.886. The lowest BCUT2D eigenvalue weighted by Crippen LogP contribution is -2.11. The van der Waals surface area contributed by atoms with E-state index in [0.717, 1.165) is 12.0 Å². The van der Waals surface area contributed by atoms with Gasteiger partial charge in [-0.15, -0.1) is 0 Å². The summed E-state index contributed by atoms with van der Waals surface area (Å²) in [5.41, 5.74) is 2.13. The van der Waals surface area contributed by atoms with Gasteiger partial charge in [-0.25, -0.2) is 0 Å². The first-order chi connectivity index (χ1) is 9.10. The number of rotatable bonds is 3. The third kappa shape index (κ3) is 3.04. The molecule has 19 heavy (non-hydrogen) atoms. The molecule has 0 aromatic heterocycles. The van der Waals surface area contributed by atoms with E-state index in [0.29, 0.717) is 5.69 Å². The van der Waals surface area contributed by atoms with Crippen molar-refractivity contribution in [2.24, 2.45) is 0 Å². The largest absolute Gasteiger partial charge is 0.504 e. The number of phenols is 2. The molecular weight excluding hydrogens is 242 g/mol. The lowest BCUT2D eigenvalue weighted by molar-refractivity contribution is 0.102. The van der Waals surface area contributed by atoms with Crippen molar-refractivity contribution >= 4 is 11.6 Å². The Labute approximate surface area is 111 Å². The van der Waals surface area contributed by atoms with E-state index in [2.05, 4.69) is 5.32 Å². The second kappa shape index (κ2) is 5.44. The Kier molecular flexibility index (Phi) is 3.71. The first-order valence-corrected chi connectivity index (χ1v) is 6.02. The molecule has 2 aromatic rings. The van der Waals surface area contributed by atoms with Crippen LogP contribution in [0.5, 0.6) is 11.5 Å². The Bertz CT molecular complexity index is 608. The van der Waals surface area contributed by atoms with Gasteiger partial charge in [0.05, 0.1) is 0 Å². The van der Waals surface area contributed by atoms with Gasteiger partial charge in [0.25, 0.3) is 5.91 Å². The van der Waals surface area contributed by atoms with Crippen LogP contribution in [-0.4, -0.2) is 16.1 Å². The maximum atomic E-state index is 12.0. The number of carbonyl (C=O) groups excluding carboxylic acids is 1. The SMILES string of the molecule is CCc1cccc(NC(=O)c2ccc(O)c(O)c2)c1. The van der Waals surface area contributed by atoms with E-state index in [9.17, 15) is 15.0 Å². The topological polar surface area (TPSA) is 69.6 Å². The number of amides is 1. The summed E-state index contributed by atoms with van der Waals surface area (Å²) in [6.45, 7) is 2.04. The molecule has 2 aromatic carbocycles. The molecule has 1 amide bonds. The molecule has 3 N–H and O–H groups in total. The van der Waals surface area contributed by atoms with Crippen molar-refractivity contribution in [1.82, 2.24) is 0 Å². The van der Waals surface area contributed by atoms with E-state index in [1.807, 2.05) is 25.1 Å². The number of anilines is 1. The fourth-order valence-electron chi connectivity index (χ4n) is 1.74. The van der Waals surface area contributed by atoms with Gasteiger partial charge in [0, 0.05) is 11.3 Å². The number of aryl methyl sites for hydroxylation is 1. The molecule has 0 spiro atoms. The number of phenolic OH excluding ortho intramolecular Hbond substituents is 2. The lowest BCUT2D eigenvalue weighted by Gasteiger charge is -2.07. The van der Waals surface area contributed by atoms with Gasteiger partial charge in [-0.2, -0.15) is 0 Å². The number of carbonyl (C=O) groups is 1. The first-order valence-electron chi connectivity index (χ1n) is 6.02. The van der Waals surface area contributed by atoms with E-state index in [1.54, 1.807) is 6.07 Å².